The van der Waals surface area contributed by atoms with Gasteiger partial charge in [-0.1, -0.05) is 12.1 Å². The predicted molar refractivity (Wildman–Crippen MR) is 109 cm³/mol. The number of anilines is 1. The number of carboxylic acids is 1. The first-order chi connectivity index (χ1) is 14.4. The van der Waals surface area contributed by atoms with Gasteiger partial charge < -0.3 is 25.9 Å². The number of nitrogens with one attached hydrogen (secondary N) is 3. The van der Waals surface area contributed by atoms with E-state index in [2.05, 4.69) is 20.3 Å². The molecule has 10 nitrogen and oxygen atoms in total. The molecule has 30 heavy (non-hydrogen) atoms. The molecule has 0 aliphatic rings. The molecule has 2 aromatic heterocycles. The number of carbonyl (C=O) groups is 3. The van der Waals surface area contributed by atoms with E-state index in [0.717, 1.165) is 11.1 Å². The van der Waals surface area contributed by atoms with E-state index in [0.29, 0.717) is 35.7 Å². The summed E-state index contributed by atoms with van der Waals surface area (Å²) >= 11 is 0. The van der Waals surface area contributed by atoms with Crippen molar-refractivity contribution in [2.75, 3.05) is 5.73 Å². The van der Waals surface area contributed by atoms with Crippen LogP contribution in [0, 0.1) is 0 Å². The number of nitrogens with zero attached hydrogens (tertiary/aromatic N) is 1. The number of aliphatic carboxylic acids is 1. The molecule has 0 aliphatic carbocycles. The van der Waals surface area contributed by atoms with Crippen molar-refractivity contribution in [3.8, 4) is 0 Å². The van der Waals surface area contributed by atoms with Gasteiger partial charge in [0.25, 0.3) is 11.5 Å². The van der Waals surface area contributed by atoms with E-state index < -0.39 is 17.9 Å². The lowest BCUT2D eigenvalue weighted by Gasteiger charge is -2.12. The van der Waals surface area contributed by atoms with Crippen molar-refractivity contribution in [2.45, 2.75) is 31.7 Å². The fourth-order valence-electron chi connectivity index (χ4n) is 3.12. The summed E-state index contributed by atoms with van der Waals surface area (Å²) in [6.45, 7) is 0. The van der Waals surface area contributed by atoms with Crippen LogP contribution in [0.25, 0.3) is 11.0 Å². The maximum Gasteiger partial charge on any atom is 0.303 e. The number of nitrogen functional groups attached to an aromatic ring is 1. The summed E-state index contributed by atoms with van der Waals surface area (Å²) in [6, 6.07) is 5.99. The van der Waals surface area contributed by atoms with Gasteiger partial charge in [0, 0.05) is 18.2 Å². The molecule has 0 saturated carbocycles. The Bertz CT molecular complexity index is 1130. The van der Waals surface area contributed by atoms with E-state index in [-0.39, 0.29) is 24.3 Å². The van der Waals surface area contributed by atoms with Gasteiger partial charge in [-0.15, -0.1) is 0 Å². The molecule has 0 spiro atoms. The molecule has 0 saturated heterocycles. The van der Waals surface area contributed by atoms with Crippen LogP contribution in [0.2, 0.25) is 0 Å². The largest absolute Gasteiger partial charge is 0.481 e. The van der Waals surface area contributed by atoms with Crippen LogP contribution in [0.4, 0.5) is 5.95 Å². The van der Waals surface area contributed by atoms with Crippen LogP contribution in [0.5, 0.6) is 0 Å². The molecule has 1 amide bonds. The van der Waals surface area contributed by atoms with Crippen molar-refractivity contribution >= 4 is 35.1 Å². The van der Waals surface area contributed by atoms with Gasteiger partial charge in [-0.25, -0.2) is 0 Å². The number of hydrogen-bond donors (Lipinski definition) is 5. The molecule has 0 bridgehead atoms. The first kappa shape index (κ1) is 20.8. The lowest BCUT2D eigenvalue weighted by molar-refractivity contribution is -0.137. The smallest absolute Gasteiger partial charge is 0.303 e. The van der Waals surface area contributed by atoms with E-state index >= 15 is 0 Å². The Hall–Kier alpha value is -3.95. The lowest BCUT2D eigenvalue weighted by atomic mass is 10.0. The number of aldehydes is 1. The van der Waals surface area contributed by atoms with Gasteiger partial charge in [-0.3, -0.25) is 19.4 Å². The van der Waals surface area contributed by atoms with Crippen LogP contribution >= 0.6 is 0 Å². The fourth-order valence-corrected chi connectivity index (χ4v) is 3.12. The average molecular weight is 411 g/mol. The SMILES string of the molecule is Nc1nc2[nH]cc(CCc3ccc(C(=O)N[C@@H](C=O)CCC(=O)O)cc3)c2c(=O)[nH]1. The molecule has 2 heterocycles. The summed E-state index contributed by atoms with van der Waals surface area (Å²) in [5.41, 5.74) is 7.81. The molecule has 3 rings (SSSR count). The third-order valence-corrected chi connectivity index (χ3v) is 4.69. The second-order valence-corrected chi connectivity index (χ2v) is 6.83. The first-order valence-electron chi connectivity index (χ1n) is 9.30. The summed E-state index contributed by atoms with van der Waals surface area (Å²) in [4.78, 5) is 55.5. The van der Waals surface area contributed by atoms with Crippen molar-refractivity contribution in [3.63, 3.8) is 0 Å². The first-order valence-corrected chi connectivity index (χ1v) is 9.30. The Morgan fingerprint density at radius 1 is 1.23 bits per heavy atom. The minimum Gasteiger partial charge on any atom is -0.481 e. The maximum absolute atomic E-state index is 12.2. The molecule has 0 fully saturated rings. The van der Waals surface area contributed by atoms with Crippen molar-refractivity contribution < 1.29 is 19.5 Å². The Balaban J connectivity index is 1.62. The minimum atomic E-state index is -1.03. The number of H-pyrrole nitrogens is 2. The van der Waals surface area contributed by atoms with Crippen LogP contribution in [0.3, 0.4) is 0 Å². The van der Waals surface area contributed by atoms with E-state index in [1.165, 1.54) is 0 Å². The van der Waals surface area contributed by atoms with Crippen LogP contribution in [-0.2, 0) is 22.4 Å². The van der Waals surface area contributed by atoms with Crippen molar-refractivity contribution in [3.05, 3.63) is 57.5 Å². The molecular formula is C20H21N5O5. The minimum absolute atomic E-state index is 0.0346. The molecule has 10 heteroatoms. The molecule has 1 atom stereocenters. The summed E-state index contributed by atoms with van der Waals surface area (Å²) in [6.07, 6.45) is 3.30. The van der Waals surface area contributed by atoms with E-state index in [1.807, 2.05) is 0 Å². The number of hydrogen-bond acceptors (Lipinski definition) is 6. The zero-order valence-corrected chi connectivity index (χ0v) is 16.0. The van der Waals surface area contributed by atoms with E-state index in [9.17, 15) is 19.2 Å². The van der Waals surface area contributed by atoms with E-state index in [4.69, 9.17) is 10.8 Å². The third-order valence-electron chi connectivity index (χ3n) is 4.69. The Morgan fingerprint density at radius 3 is 2.63 bits per heavy atom. The van der Waals surface area contributed by atoms with Gasteiger partial charge in [0.05, 0.1) is 11.4 Å². The van der Waals surface area contributed by atoms with Crippen molar-refractivity contribution in [2.24, 2.45) is 0 Å². The number of aryl methyl sites for hydroxylation is 2. The van der Waals surface area contributed by atoms with Gasteiger partial charge in [0.1, 0.15) is 11.9 Å². The summed E-state index contributed by atoms with van der Waals surface area (Å²) in [7, 11) is 0. The number of benzene rings is 1. The Kier molecular flexibility index (Phi) is 6.26. The number of carboxylic acid groups (broad SMARTS) is 1. The lowest BCUT2D eigenvalue weighted by Crippen LogP contribution is -2.36. The van der Waals surface area contributed by atoms with Crippen LogP contribution < -0.4 is 16.6 Å². The number of rotatable bonds is 9. The van der Waals surface area contributed by atoms with E-state index in [1.54, 1.807) is 30.5 Å². The monoisotopic (exact) mass is 411 g/mol. The number of carbonyl (C=O) groups excluding carboxylic acids is 2. The number of fused-ring (bicyclic) bond motifs is 1. The molecular weight excluding hydrogens is 390 g/mol. The number of nitrogens with two attached hydrogens (primary N) is 1. The van der Waals surface area contributed by atoms with Crippen LogP contribution in [0.15, 0.2) is 35.3 Å². The van der Waals surface area contributed by atoms with Gasteiger partial charge in [0.2, 0.25) is 5.95 Å². The van der Waals surface area contributed by atoms with Gasteiger partial charge in [0.15, 0.2) is 0 Å². The Labute approximate surface area is 170 Å². The molecule has 1 aromatic carbocycles. The van der Waals surface area contributed by atoms with Crippen LogP contribution in [0.1, 0.15) is 34.3 Å². The summed E-state index contributed by atoms with van der Waals surface area (Å²) in [5, 5.41) is 11.7. The second-order valence-electron chi connectivity index (χ2n) is 6.83. The normalized spacial score (nSPS) is 11.9. The quantitative estimate of drug-likeness (QED) is 0.324. The van der Waals surface area contributed by atoms with Gasteiger partial charge >= 0.3 is 5.97 Å². The number of amides is 1. The highest BCUT2D eigenvalue weighted by Gasteiger charge is 2.15. The predicted octanol–water partition coefficient (Wildman–Crippen LogP) is 0.781. The molecule has 6 N–H and O–H groups in total. The highest BCUT2D eigenvalue weighted by molar-refractivity contribution is 5.95. The molecule has 0 unspecified atom stereocenters. The van der Waals surface area contributed by atoms with Gasteiger partial charge in [-0.2, -0.15) is 4.98 Å². The van der Waals surface area contributed by atoms with Crippen molar-refractivity contribution in [1.29, 1.82) is 0 Å². The molecule has 0 radical (unpaired) electrons. The maximum atomic E-state index is 12.2. The van der Waals surface area contributed by atoms with Gasteiger partial charge in [-0.05, 0) is 42.5 Å². The third kappa shape index (κ3) is 4.90. The summed E-state index contributed by atoms with van der Waals surface area (Å²) in [5.74, 6) is -1.43. The molecule has 3 aromatic rings. The molecule has 0 aliphatic heterocycles. The summed E-state index contributed by atoms with van der Waals surface area (Å²) < 4.78 is 0. The number of aromatic nitrogens is 3. The fraction of sp³-hybridized carbons (Fsp3) is 0.250. The molecule has 156 valence electrons. The number of aromatic amines is 2. The zero-order valence-electron chi connectivity index (χ0n) is 16.0. The van der Waals surface area contributed by atoms with Crippen molar-refractivity contribution in [1.82, 2.24) is 20.3 Å². The topological polar surface area (TPSA) is 171 Å². The standard InChI is InChI=1S/C20H21N5O5/c21-20-24-17-16(19(30)25-20)13(9-22-17)6-3-11-1-4-12(5-2-11)18(29)23-14(10-26)7-8-15(27)28/h1-2,4-5,9-10,14H,3,6-8H2,(H,23,29)(H,27,28)(H4,21,22,24,25,30)/t14-/m1/s1. The average Bonchev–Trinajstić information content (AvgIpc) is 3.12. The zero-order chi connectivity index (χ0) is 21.7. The second kappa shape index (κ2) is 9.03. The highest BCUT2D eigenvalue weighted by atomic mass is 16.4. The van der Waals surface area contributed by atoms with Crippen LogP contribution in [-0.4, -0.2) is 44.3 Å². The highest BCUT2D eigenvalue weighted by Crippen LogP contribution is 2.16. The Morgan fingerprint density at radius 2 is 1.97 bits per heavy atom.